The smallest absolute Gasteiger partial charge is 0.303 e. The minimum Gasteiger partial charge on any atom is -0.481 e. The fraction of sp³-hybridized carbons (Fsp3) is 0.238. The maximum Gasteiger partial charge on any atom is 0.303 e. The van der Waals surface area contributed by atoms with E-state index in [-0.39, 0.29) is 18.6 Å². The Hall–Kier alpha value is -3.03. The minimum absolute atomic E-state index is 0.0676. The third-order valence-electron chi connectivity index (χ3n) is 4.21. The van der Waals surface area contributed by atoms with E-state index >= 15 is 0 Å². The van der Waals surface area contributed by atoms with Gasteiger partial charge < -0.3 is 10.0 Å². The quantitative estimate of drug-likeness (QED) is 0.571. The van der Waals surface area contributed by atoms with Gasteiger partial charge in [0.15, 0.2) is 11.6 Å². The molecule has 29 heavy (non-hydrogen) atoms. The molecule has 3 rings (SSSR count). The molecule has 0 fully saturated rings. The average Bonchev–Trinajstić information content (AvgIpc) is 3.08. The predicted molar refractivity (Wildman–Crippen MR) is 110 cm³/mol. The van der Waals surface area contributed by atoms with Crippen molar-refractivity contribution in [1.29, 1.82) is 0 Å². The van der Waals surface area contributed by atoms with Crippen molar-refractivity contribution in [3.8, 4) is 5.69 Å². The number of aromatic nitrogens is 3. The lowest BCUT2D eigenvalue weighted by Crippen LogP contribution is -2.17. The van der Waals surface area contributed by atoms with Gasteiger partial charge in [-0.15, -0.1) is 0 Å². The van der Waals surface area contributed by atoms with E-state index in [2.05, 4.69) is 10.1 Å². The monoisotopic (exact) mass is 412 g/mol. The molecule has 8 heteroatoms. The van der Waals surface area contributed by atoms with Gasteiger partial charge in [-0.3, -0.25) is 9.59 Å². The van der Waals surface area contributed by atoms with Gasteiger partial charge in [0.2, 0.25) is 0 Å². The standard InChI is InChI=1S/C21H21ClN4O3/c1-25(2)13-19-23-18(10-11-20(27)28)24-26(19)17-9-8-15(22)12-16(17)21(29)14-6-4-3-5-7-14/h3-9,12H,10-11,13H2,1-2H3,(H,27,28). The number of carboxylic acid groups (broad SMARTS) is 1. The predicted octanol–water partition coefficient (Wildman–Crippen LogP) is 3.23. The second kappa shape index (κ2) is 8.98. The van der Waals surface area contributed by atoms with Crippen LogP contribution in [0.3, 0.4) is 0 Å². The number of aryl methyl sites for hydroxylation is 1. The summed E-state index contributed by atoms with van der Waals surface area (Å²) in [6.45, 7) is 0.474. The first-order valence-electron chi connectivity index (χ1n) is 9.06. The number of ketones is 1. The van der Waals surface area contributed by atoms with Gasteiger partial charge in [0, 0.05) is 22.6 Å². The second-order valence-corrected chi connectivity index (χ2v) is 7.28. The number of carbonyl (C=O) groups is 2. The Bertz CT molecular complexity index is 1030. The van der Waals surface area contributed by atoms with E-state index in [9.17, 15) is 9.59 Å². The SMILES string of the molecule is CN(C)Cc1nc(CCC(=O)O)nn1-c1ccc(Cl)cc1C(=O)c1ccccc1. The topological polar surface area (TPSA) is 88.3 Å². The van der Waals surface area contributed by atoms with Crippen LogP contribution >= 0.6 is 11.6 Å². The normalized spacial score (nSPS) is 11.0. The highest BCUT2D eigenvalue weighted by Gasteiger charge is 2.20. The van der Waals surface area contributed by atoms with E-state index in [1.54, 1.807) is 47.1 Å². The largest absolute Gasteiger partial charge is 0.481 e. The Labute approximate surface area is 173 Å². The number of hydrogen-bond acceptors (Lipinski definition) is 5. The van der Waals surface area contributed by atoms with E-state index in [1.165, 1.54) is 0 Å². The molecule has 0 atom stereocenters. The number of nitrogens with zero attached hydrogens (tertiary/aromatic N) is 4. The Morgan fingerprint density at radius 1 is 1.14 bits per heavy atom. The summed E-state index contributed by atoms with van der Waals surface area (Å²) in [6, 6.07) is 14.0. The molecule has 0 spiro atoms. The summed E-state index contributed by atoms with van der Waals surface area (Å²) in [5.74, 6) is -0.0689. The molecule has 150 valence electrons. The van der Waals surface area contributed by atoms with E-state index in [4.69, 9.17) is 16.7 Å². The first kappa shape index (κ1) is 20.7. The van der Waals surface area contributed by atoms with Gasteiger partial charge in [-0.2, -0.15) is 5.10 Å². The molecule has 0 bridgehead atoms. The van der Waals surface area contributed by atoms with Crippen molar-refractivity contribution in [3.63, 3.8) is 0 Å². The summed E-state index contributed by atoms with van der Waals surface area (Å²) in [5.41, 5.74) is 1.49. The molecule has 0 radical (unpaired) electrons. The zero-order valence-corrected chi connectivity index (χ0v) is 16.9. The van der Waals surface area contributed by atoms with E-state index in [0.29, 0.717) is 40.0 Å². The maximum atomic E-state index is 13.1. The van der Waals surface area contributed by atoms with Gasteiger partial charge in [0.1, 0.15) is 5.82 Å². The molecule has 7 nitrogen and oxygen atoms in total. The number of aliphatic carboxylic acids is 1. The van der Waals surface area contributed by atoms with Crippen LogP contribution in [0.25, 0.3) is 5.69 Å². The molecule has 1 heterocycles. The summed E-state index contributed by atoms with van der Waals surface area (Å²) in [5, 5.41) is 13.9. The van der Waals surface area contributed by atoms with Crippen LogP contribution in [0.5, 0.6) is 0 Å². The van der Waals surface area contributed by atoms with Gasteiger partial charge in [0.05, 0.1) is 18.7 Å². The van der Waals surface area contributed by atoms with Crippen LogP contribution in [0.2, 0.25) is 5.02 Å². The van der Waals surface area contributed by atoms with Crippen molar-refractivity contribution < 1.29 is 14.7 Å². The van der Waals surface area contributed by atoms with Gasteiger partial charge in [-0.1, -0.05) is 41.9 Å². The molecule has 0 saturated heterocycles. The third kappa shape index (κ3) is 5.07. The minimum atomic E-state index is -0.915. The molecule has 0 aliphatic carbocycles. The highest BCUT2D eigenvalue weighted by atomic mass is 35.5. The number of hydrogen-bond donors (Lipinski definition) is 1. The molecular weight excluding hydrogens is 392 g/mol. The van der Waals surface area contributed by atoms with Crippen LogP contribution in [0.4, 0.5) is 0 Å². The summed E-state index contributed by atoms with van der Waals surface area (Å²) >= 11 is 6.18. The zero-order valence-electron chi connectivity index (χ0n) is 16.2. The van der Waals surface area contributed by atoms with Gasteiger partial charge in [-0.05, 0) is 32.3 Å². The first-order valence-corrected chi connectivity index (χ1v) is 9.44. The van der Waals surface area contributed by atoms with Gasteiger partial charge in [-0.25, -0.2) is 9.67 Å². The van der Waals surface area contributed by atoms with Gasteiger partial charge in [0.25, 0.3) is 0 Å². The number of benzene rings is 2. The molecule has 0 aliphatic heterocycles. The third-order valence-corrected chi connectivity index (χ3v) is 4.44. The van der Waals surface area contributed by atoms with Crippen molar-refractivity contribution >= 4 is 23.4 Å². The van der Waals surface area contributed by atoms with Crippen molar-refractivity contribution in [3.05, 3.63) is 76.3 Å². The molecule has 0 amide bonds. The Balaban J connectivity index is 2.09. The van der Waals surface area contributed by atoms with Crippen molar-refractivity contribution in [1.82, 2.24) is 19.7 Å². The zero-order chi connectivity index (χ0) is 21.0. The lowest BCUT2D eigenvalue weighted by atomic mass is 10.0. The molecule has 1 aromatic heterocycles. The number of carbonyl (C=O) groups excluding carboxylic acids is 1. The molecular formula is C21H21ClN4O3. The van der Waals surface area contributed by atoms with E-state index < -0.39 is 5.97 Å². The van der Waals surface area contributed by atoms with Crippen molar-refractivity contribution in [2.75, 3.05) is 14.1 Å². The van der Waals surface area contributed by atoms with Crippen LogP contribution < -0.4 is 0 Å². The molecule has 2 aromatic carbocycles. The number of rotatable bonds is 8. The van der Waals surface area contributed by atoms with Crippen LogP contribution in [0.1, 0.15) is 34.0 Å². The first-order chi connectivity index (χ1) is 13.8. The van der Waals surface area contributed by atoms with E-state index in [1.807, 2.05) is 25.1 Å². The van der Waals surface area contributed by atoms with Crippen LogP contribution in [-0.2, 0) is 17.8 Å². The van der Waals surface area contributed by atoms with Crippen LogP contribution in [-0.4, -0.2) is 50.6 Å². The maximum absolute atomic E-state index is 13.1. The van der Waals surface area contributed by atoms with Gasteiger partial charge >= 0.3 is 5.97 Å². The molecule has 0 aliphatic rings. The van der Waals surface area contributed by atoms with Crippen molar-refractivity contribution in [2.45, 2.75) is 19.4 Å². The highest BCUT2D eigenvalue weighted by Crippen LogP contribution is 2.24. The summed E-state index contributed by atoms with van der Waals surface area (Å²) in [6.07, 6.45) is 0.139. The summed E-state index contributed by atoms with van der Waals surface area (Å²) in [7, 11) is 3.79. The fourth-order valence-electron chi connectivity index (χ4n) is 2.91. The Kier molecular flexibility index (Phi) is 6.41. The fourth-order valence-corrected chi connectivity index (χ4v) is 3.09. The number of halogens is 1. The number of carboxylic acids is 1. The Morgan fingerprint density at radius 3 is 2.52 bits per heavy atom. The highest BCUT2D eigenvalue weighted by molar-refractivity contribution is 6.31. The summed E-state index contributed by atoms with van der Waals surface area (Å²) in [4.78, 5) is 30.5. The molecule has 1 N–H and O–H groups in total. The lowest BCUT2D eigenvalue weighted by molar-refractivity contribution is -0.137. The average molecular weight is 413 g/mol. The molecule has 0 unspecified atom stereocenters. The van der Waals surface area contributed by atoms with Crippen LogP contribution in [0.15, 0.2) is 48.5 Å². The Morgan fingerprint density at radius 2 is 1.86 bits per heavy atom. The summed E-state index contributed by atoms with van der Waals surface area (Å²) < 4.78 is 1.60. The molecule has 3 aromatic rings. The molecule has 0 saturated carbocycles. The lowest BCUT2D eigenvalue weighted by Gasteiger charge is -2.14. The van der Waals surface area contributed by atoms with E-state index in [0.717, 1.165) is 0 Å². The second-order valence-electron chi connectivity index (χ2n) is 6.84. The van der Waals surface area contributed by atoms with Crippen molar-refractivity contribution in [2.24, 2.45) is 0 Å². The van der Waals surface area contributed by atoms with Crippen LogP contribution in [0, 0.1) is 0 Å².